The molecule has 0 saturated heterocycles. The second kappa shape index (κ2) is 13.5. The lowest BCUT2D eigenvalue weighted by molar-refractivity contribution is 0.660. The van der Waals surface area contributed by atoms with E-state index in [2.05, 4.69) is 221 Å². The Morgan fingerprint density at radius 3 is 1.69 bits per heavy atom. The van der Waals surface area contributed by atoms with Gasteiger partial charge in [0.2, 0.25) is 0 Å². The average molecular weight is 796 g/mol. The molecule has 1 heterocycles. The first kappa shape index (κ1) is 36.4. The molecule has 0 amide bonds. The van der Waals surface area contributed by atoms with E-state index in [9.17, 15) is 0 Å². The molecule has 2 heteroatoms. The summed E-state index contributed by atoms with van der Waals surface area (Å²) in [6.07, 6.45) is 0. The zero-order chi connectivity index (χ0) is 41.7. The lowest BCUT2D eigenvalue weighted by atomic mass is 9.81. The van der Waals surface area contributed by atoms with Crippen LogP contribution >= 0.6 is 0 Å². The molecule has 296 valence electrons. The van der Waals surface area contributed by atoms with Crippen LogP contribution in [0.3, 0.4) is 0 Å². The van der Waals surface area contributed by atoms with Gasteiger partial charge in [-0.3, -0.25) is 0 Å². The first-order valence-corrected chi connectivity index (χ1v) is 21.7. The highest BCUT2D eigenvalue weighted by Crippen LogP contribution is 2.53. The van der Waals surface area contributed by atoms with Gasteiger partial charge in [0.25, 0.3) is 0 Å². The van der Waals surface area contributed by atoms with Crippen LogP contribution in [-0.4, -0.2) is 0 Å². The van der Waals surface area contributed by atoms with Gasteiger partial charge in [-0.15, -0.1) is 0 Å². The molecule has 0 unspecified atom stereocenters. The van der Waals surface area contributed by atoms with Gasteiger partial charge in [-0.1, -0.05) is 161 Å². The van der Waals surface area contributed by atoms with Crippen molar-refractivity contribution in [2.75, 3.05) is 4.90 Å². The van der Waals surface area contributed by atoms with Crippen molar-refractivity contribution >= 4 is 39.0 Å². The molecular weight excluding hydrogens is 751 g/mol. The molecule has 2 aliphatic rings. The van der Waals surface area contributed by atoms with E-state index >= 15 is 0 Å². The van der Waals surface area contributed by atoms with E-state index in [1.807, 2.05) is 12.1 Å². The maximum absolute atomic E-state index is 6.28. The van der Waals surface area contributed by atoms with Gasteiger partial charge in [0.05, 0.1) is 0 Å². The van der Waals surface area contributed by atoms with Gasteiger partial charge in [0.15, 0.2) is 0 Å². The molecule has 0 saturated carbocycles. The third-order valence-corrected chi connectivity index (χ3v) is 13.9. The second-order valence-electron chi connectivity index (χ2n) is 18.2. The van der Waals surface area contributed by atoms with E-state index in [0.29, 0.717) is 0 Å². The summed E-state index contributed by atoms with van der Waals surface area (Å²) in [5.41, 5.74) is 22.9. The number of fused-ring (bicyclic) bond motifs is 9. The summed E-state index contributed by atoms with van der Waals surface area (Å²) in [4.78, 5) is 2.42. The van der Waals surface area contributed by atoms with Crippen LogP contribution in [0.15, 0.2) is 205 Å². The molecule has 1 aromatic heterocycles. The van der Waals surface area contributed by atoms with Crippen molar-refractivity contribution in [1.82, 2.24) is 0 Å². The molecule has 0 spiro atoms. The Morgan fingerprint density at radius 2 is 0.839 bits per heavy atom. The Hall–Kier alpha value is -7.42. The zero-order valence-corrected chi connectivity index (χ0v) is 35.4. The molecule has 9 aromatic carbocycles. The minimum atomic E-state index is -0.120. The number of furan rings is 1. The minimum Gasteiger partial charge on any atom is -0.456 e. The van der Waals surface area contributed by atoms with Gasteiger partial charge >= 0.3 is 0 Å². The van der Waals surface area contributed by atoms with Crippen molar-refractivity contribution in [3.63, 3.8) is 0 Å². The van der Waals surface area contributed by atoms with Crippen LogP contribution in [0, 0.1) is 0 Å². The lowest BCUT2D eigenvalue weighted by Crippen LogP contribution is -2.16. The van der Waals surface area contributed by atoms with E-state index < -0.39 is 0 Å². The van der Waals surface area contributed by atoms with Crippen molar-refractivity contribution in [3.8, 4) is 55.6 Å². The molecule has 0 radical (unpaired) electrons. The van der Waals surface area contributed by atoms with Gasteiger partial charge in [-0.25, -0.2) is 0 Å². The molecule has 2 nitrogen and oxygen atoms in total. The third-order valence-electron chi connectivity index (χ3n) is 13.9. The fourth-order valence-corrected chi connectivity index (χ4v) is 10.6. The normalized spacial score (nSPS) is 14.1. The maximum Gasteiger partial charge on any atom is 0.136 e. The summed E-state index contributed by atoms with van der Waals surface area (Å²) in [6.45, 7) is 9.44. The molecule has 2 aliphatic carbocycles. The number of benzene rings is 9. The number of nitrogens with zero attached hydrogens (tertiary/aromatic N) is 1. The Balaban J connectivity index is 0.955. The number of hydrogen-bond acceptors (Lipinski definition) is 2. The molecule has 0 N–H and O–H groups in total. The minimum absolute atomic E-state index is 0.0996. The van der Waals surface area contributed by atoms with Crippen molar-refractivity contribution in [2.45, 2.75) is 38.5 Å². The zero-order valence-electron chi connectivity index (χ0n) is 35.4. The predicted molar refractivity (Wildman–Crippen MR) is 260 cm³/mol. The number of para-hydroxylation sites is 1. The van der Waals surface area contributed by atoms with Crippen molar-refractivity contribution in [3.05, 3.63) is 222 Å². The molecule has 12 rings (SSSR count). The first-order chi connectivity index (χ1) is 30.2. The fraction of sp³-hybridized carbons (Fsp3) is 0.100. The van der Waals surface area contributed by atoms with E-state index in [-0.39, 0.29) is 10.8 Å². The van der Waals surface area contributed by atoms with Crippen LogP contribution in [0.5, 0.6) is 0 Å². The van der Waals surface area contributed by atoms with Gasteiger partial charge in [-0.2, -0.15) is 0 Å². The van der Waals surface area contributed by atoms with Crippen LogP contribution in [-0.2, 0) is 10.8 Å². The maximum atomic E-state index is 6.28. The van der Waals surface area contributed by atoms with E-state index in [1.165, 1.54) is 66.8 Å². The average Bonchev–Trinajstić information content (AvgIpc) is 3.88. The topological polar surface area (TPSA) is 16.4 Å². The third kappa shape index (κ3) is 5.56. The number of rotatable bonds is 6. The highest BCUT2D eigenvalue weighted by atomic mass is 16.3. The van der Waals surface area contributed by atoms with Crippen molar-refractivity contribution in [1.29, 1.82) is 0 Å². The highest BCUT2D eigenvalue weighted by Gasteiger charge is 2.37. The van der Waals surface area contributed by atoms with Crippen molar-refractivity contribution < 1.29 is 4.42 Å². The quantitative estimate of drug-likeness (QED) is 0.167. The van der Waals surface area contributed by atoms with Gasteiger partial charge in [0, 0.05) is 38.7 Å². The Bertz CT molecular complexity index is 3400. The summed E-state index contributed by atoms with van der Waals surface area (Å²) >= 11 is 0. The van der Waals surface area contributed by atoms with Gasteiger partial charge in [0.1, 0.15) is 11.2 Å². The molecule has 10 aromatic rings. The number of anilines is 3. The second-order valence-corrected chi connectivity index (χ2v) is 18.2. The molecule has 0 bridgehead atoms. The number of hydrogen-bond donors (Lipinski definition) is 0. The standard InChI is InChI=1S/C60H45NO/c1-59(2)53-19-10-8-17-47(53)48-31-28-46(37-56(48)59)61(44-26-21-39(22-27-44)43-24-30-51-50-18-9-11-20-57(50)62-58(51)36-43)45-16-12-15-40(33-45)41-25-32-54-52(34-41)49-29-23-42(35-55(49)60(54,3)4)38-13-6-5-7-14-38/h5-37H,1-4H3. The first-order valence-electron chi connectivity index (χ1n) is 21.7. The summed E-state index contributed by atoms with van der Waals surface area (Å²) in [7, 11) is 0. The van der Waals surface area contributed by atoms with E-state index in [4.69, 9.17) is 4.42 Å². The van der Waals surface area contributed by atoms with Crippen LogP contribution in [0.4, 0.5) is 17.1 Å². The molecule has 0 aliphatic heterocycles. The summed E-state index contributed by atoms with van der Waals surface area (Å²) < 4.78 is 6.28. The largest absolute Gasteiger partial charge is 0.456 e. The Morgan fingerprint density at radius 1 is 0.306 bits per heavy atom. The molecule has 0 fully saturated rings. The Labute approximate surface area is 363 Å². The fourth-order valence-electron chi connectivity index (χ4n) is 10.6. The Kier molecular flexibility index (Phi) is 7.96. The van der Waals surface area contributed by atoms with Gasteiger partial charge < -0.3 is 9.32 Å². The predicted octanol–water partition coefficient (Wildman–Crippen LogP) is 16.7. The molecular formula is C60H45NO. The monoisotopic (exact) mass is 795 g/mol. The van der Waals surface area contributed by atoms with E-state index in [0.717, 1.165) is 50.1 Å². The summed E-state index contributed by atoms with van der Waals surface area (Å²) in [5, 5.41) is 2.29. The lowest BCUT2D eigenvalue weighted by Gasteiger charge is -2.28. The molecule has 62 heavy (non-hydrogen) atoms. The van der Waals surface area contributed by atoms with E-state index in [1.54, 1.807) is 0 Å². The molecule has 0 atom stereocenters. The van der Waals surface area contributed by atoms with Crippen LogP contribution in [0.2, 0.25) is 0 Å². The van der Waals surface area contributed by atoms with Crippen molar-refractivity contribution in [2.24, 2.45) is 0 Å². The van der Waals surface area contributed by atoms with Crippen LogP contribution < -0.4 is 4.90 Å². The van der Waals surface area contributed by atoms with Gasteiger partial charge in [-0.05, 0) is 145 Å². The van der Waals surface area contributed by atoms with Crippen LogP contribution in [0.1, 0.15) is 49.9 Å². The summed E-state index contributed by atoms with van der Waals surface area (Å²) in [5.74, 6) is 0. The summed E-state index contributed by atoms with van der Waals surface area (Å²) in [6, 6.07) is 73.6. The highest BCUT2D eigenvalue weighted by molar-refractivity contribution is 6.06. The van der Waals surface area contributed by atoms with Crippen LogP contribution in [0.25, 0.3) is 77.6 Å². The SMILES string of the molecule is CC1(C)c2ccc(-c3cccc(N(c4ccc(-c5ccc6c(c5)oc5ccccc56)cc4)c4ccc5c(c4)C(C)(C)c4ccccc4-5)c3)cc2-c2ccc(-c3ccccc3)cc21. The smallest absolute Gasteiger partial charge is 0.136 e.